The predicted octanol–water partition coefficient (Wildman–Crippen LogP) is 6.53. The summed E-state index contributed by atoms with van der Waals surface area (Å²) in [7, 11) is -0.719. The lowest BCUT2D eigenvalue weighted by atomic mass is 9.69. The molecule has 5 aromatic carbocycles. The molecular weight excluding hydrogens is 493 g/mol. The fourth-order valence-electron chi connectivity index (χ4n) is 6.77. The highest BCUT2D eigenvalue weighted by molar-refractivity contribution is 7.79. The zero-order valence-corrected chi connectivity index (χ0v) is 22.8. The molecule has 2 heterocycles. The van der Waals surface area contributed by atoms with Gasteiger partial charge in [0.05, 0.1) is 6.61 Å². The van der Waals surface area contributed by atoms with Gasteiger partial charge in [0.15, 0.2) is 0 Å². The molecule has 2 aliphatic heterocycles. The summed E-state index contributed by atoms with van der Waals surface area (Å²) < 4.78 is 6.80. The second kappa shape index (κ2) is 10.5. The second-order valence-electron chi connectivity index (χ2n) is 10.5. The molecule has 2 fully saturated rings. The number of ether oxygens (including phenoxy) is 1. The smallest absolute Gasteiger partial charge is 0.137 e. The van der Waals surface area contributed by atoms with Gasteiger partial charge in [-0.1, -0.05) is 146 Å². The highest BCUT2D eigenvalue weighted by Crippen LogP contribution is 2.52. The Kier molecular flexibility index (Phi) is 6.62. The first kappa shape index (κ1) is 24.5. The molecule has 2 atom stereocenters. The topological polar surface area (TPSA) is 12.5 Å². The van der Waals surface area contributed by atoms with Crippen LogP contribution in [0.2, 0.25) is 0 Å². The van der Waals surface area contributed by atoms with Gasteiger partial charge in [0.1, 0.15) is 6.23 Å². The van der Waals surface area contributed by atoms with Crippen molar-refractivity contribution < 1.29 is 4.74 Å². The first-order valence-corrected chi connectivity index (χ1v) is 15.2. The summed E-state index contributed by atoms with van der Waals surface area (Å²) in [4.78, 5) is 2.64. The van der Waals surface area contributed by atoms with Crippen molar-refractivity contribution in [1.29, 1.82) is 0 Å². The van der Waals surface area contributed by atoms with E-state index in [-0.39, 0.29) is 17.7 Å². The lowest BCUT2D eigenvalue weighted by molar-refractivity contribution is 0.0360. The summed E-state index contributed by atoms with van der Waals surface area (Å²) in [6, 6.07) is 53.4. The Morgan fingerprint density at radius 3 is 1.64 bits per heavy atom. The molecule has 0 spiro atoms. The van der Waals surface area contributed by atoms with Gasteiger partial charge in [0, 0.05) is 23.6 Å². The van der Waals surface area contributed by atoms with Crippen LogP contribution in [0, 0.1) is 0 Å². The van der Waals surface area contributed by atoms with Gasteiger partial charge in [-0.3, -0.25) is 4.90 Å². The Balaban J connectivity index is 1.32. The quantitative estimate of drug-likeness (QED) is 0.234. The number of fused-ring (bicyclic) bond motifs is 1. The third-order valence-electron chi connectivity index (χ3n) is 8.50. The van der Waals surface area contributed by atoms with Crippen molar-refractivity contribution in [3.05, 3.63) is 162 Å². The Morgan fingerprint density at radius 1 is 0.590 bits per heavy atom. The van der Waals surface area contributed by atoms with Crippen LogP contribution in [0.15, 0.2) is 146 Å². The molecule has 5 aromatic rings. The summed E-state index contributed by atoms with van der Waals surface area (Å²) in [5.74, 6) is 0. The third kappa shape index (κ3) is 4.24. The van der Waals surface area contributed by atoms with E-state index >= 15 is 0 Å². The molecule has 39 heavy (non-hydrogen) atoms. The largest absolute Gasteiger partial charge is 0.357 e. The van der Waals surface area contributed by atoms with Gasteiger partial charge < -0.3 is 4.74 Å². The third-order valence-corrected chi connectivity index (χ3v) is 11.0. The van der Waals surface area contributed by atoms with Gasteiger partial charge in [-0.25, -0.2) is 0 Å². The van der Waals surface area contributed by atoms with Crippen LogP contribution in [-0.2, 0) is 10.2 Å². The van der Waals surface area contributed by atoms with Gasteiger partial charge >= 0.3 is 0 Å². The predicted molar refractivity (Wildman–Crippen MR) is 163 cm³/mol. The first-order valence-electron chi connectivity index (χ1n) is 13.8. The maximum absolute atomic E-state index is 6.80. The van der Waals surface area contributed by atoms with E-state index in [1.54, 1.807) is 0 Å². The minimum atomic E-state index is -0.719. The van der Waals surface area contributed by atoms with Gasteiger partial charge in [0.25, 0.3) is 0 Å². The van der Waals surface area contributed by atoms with E-state index in [2.05, 4.69) is 150 Å². The van der Waals surface area contributed by atoms with Crippen LogP contribution in [0.5, 0.6) is 0 Å². The van der Waals surface area contributed by atoms with Crippen LogP contribution < -0.4 is 15.9 Å². The summed E-state index contributed by atoms with van der Waals surface area (Å²) in [5, 5.41) is 4.11. The molecule has 0 bridgehead atoms. The van der Waals surface area contributed by atoms with E-state index in [0.29, 0.717) is 0 Å². The van der Waals surface area contributed by atoms with Crippen LogP contribution in [0.25, 0.3) is 0 Å². The van der Waals surface area contributed by atoms with Gasteiger partial charge in [0.2, 0.25) is 0 Å². The maximum Gasteiger partial charge on any atom is 0.137 e. The van der Waals surface area contributed by atoms with Crippen molar-refractivity contribution in [2.24, 2.45) is 0 Å². The number of nitrogens with zero attached hydrogens (tertiary/aromatic N) is 1. The van der Waals surface area contributed by atoms with Crippen LogP contribution in [-0.4, -0.2) is 24.1 Å². The van der Waals surface area contributed by atoms with Gasteiger partial charge in [-0.2, -0.15) is 0 Å². The molecular formula is C36H32NOP. The highest BCUT2D eigenvalue weighted by atomic mass is 31.1. The fourth-order valence-corrected chi connectivity index (χ4v) is 9.24. The molecule has 0 unspecified atom stereocenters. The van der Waals surface area contributed by atoms with Crippen LogP contribution in [0.3, 0.4) is 0 Å². The summed E-state index contributed by atoms with van der Waals surface area (Å²) >= 11 is 0. The molecule has 0 N–H and O–H groups in total. The second-order valence-corrected chi connectivity index (χ2v) is 12.6. The molecule has 2 nitrogen and oxygen atoms in total. The SMILES string of the molecule is c1ccc(P(c2ccccc2)c2ccccc2[C@H]2OC[C@@H]3N2CCC3(c2ccccc2)c2ccccc2)cc1. The molecule has 0 aliphatic carbocycles. The summed E-state index contributed by atoms with van der Waals surface area (Å²) in [5.41, 5.74) is 3.99. The average molecular weight is 526 g/mol. The van der Waals surface area contributed by atoms with Crippen molar-refractivity contribution in [3.63, 3.8) is 0 Å². The number of hydrogen-bond acceptors (Lipinski definition) is 2. The molecule has 0 aromatic heterocycles. The Hall–Kier alpha value is -3.55. The monoisotopic (exact) mass is 525 g/mol. The van der Waals surface area contributed by atoms with E-state index < -0.39 is 7.92 Å². The average Bonchev–Trinajstić information content (AvgIpc) is 3.61. The summed E-state index contributed by atoms with van der Waals surface area (Å²) in [6.07, 6.45) is 1.03. The molecule has 2 saturated heterocycles. The zero-order chi connectivity index (χ0) is 26.1. The molecule has 3 heteroatoms. The molecule has 0 saturated carbocycles. The molecule has 192 valence electrons. The van der Waals surface area contributed by atoms with E-state index in [4.69, 9.17) is 4.74 Å². The normalized spacial score (nSPS) is 20.2. The van der Waals surface area contributed by atoms with Gasteiger partial charge in [-0.05, 0) is 41.4 Å². The first-order chi connectivity index (χ1) is 19.4. The van der Waals surface area contributed by atoms with Crippen molar-refractivity contribution in [2.75, 3.05) is 13.2 Å². The number of benzene rings is 5. The van der Waals surface area contributed by atoms with Crippen LogP contribution in [0.1, 0.15) is 29.3 Å². The maximum atomic E-state index is 6.80. The minimum Gasteiger partial charge on any atom is -0.357 e. The lowest BCUT2D eigenvalue weighted by Gasteiger charge is -2.36. The van der Waals surface area contributed by atoms with Crippen molar-refractivity contribution in [1.82, 2.24) is 4.90 Å². The van der Waals surface area contributed by atoms with E-state index in [9.17, 15) is 0 Å². The van der Waals surface area contributed by atoms with Crippen LogP contribution in [0.4, 0.5) is 0 Å². The van der Waals surface area contributed by atoms with Crippen molar-refractivity contribution >= 4 is 23.8 Å². The Morgan fingerprint density at radius 2 is 1.08 bits per heavy atom. The van der Waals surface area contributed by atoms with E-state index in [1.165, 1.54) is 32.6 Å². The number of rotatable bonds is 6. The highest BCUT2D eigenvalue weighted by Gasteiger charge is 2.55. The van der Waals surface area contributed by atoms with Gasteiger partial charge in [-0.15, -0.1) is 0 Å². The minimum absolute atomic E-state index is 0.0575. The Labute approximate surface area is 232 Å². The number of hydrogen-bond donors (Lipinski definition) is 0. The standard InChI is InChI=1S/C36H32NOP/c1-5-15-28(16-6-1)36(29-17-7-2-8-18-29)25-26-37-34(36)27-38-35(37)32-23-13-14-24-33(32)39(30-19-9-3-10-20-30)31-21-11-4-12-22-31/h1-24,34-35H,25-27H2/t34-,35+/m0/s1. The molecule has 7 rings (SSSR count). The van der Waals surface area contributed by atoms with Crippen molar-refractivity contribution in [2.45, 2.75) is 24.1 Å². The Bertz CT molecular complexity index is 1450. The molecule has 2 aliphatic rings. The molecule has 0 radical (unpaired) electrons. The summed E-state index contributed by atoms with van der Waals surface area (Å²) in [6.45, 7) is 1.72. The van der Waals surface area contributed by atoms with E-state index in [0.717, 1.165) is 19.6 Å². The van der Waals surface area contributed by atoms with Crippen molar-refractivity contribution in [3.8, 4) is 0 Å². The zero-order valence-electron chi connectivity index (χ0n) is 21.9. The van der Waals surface area contributed by atoms with E-state index in [1.807, 2.05) is 0 Å². The fraction of sp³-hybridized carbons (Fsp3) is 0.167. The van der Waals surface area contributed by atoms with Crippen LogP contribution >= 0.6 is 7.92 Å². The molecule has 0 amide bonds. The lowest BCUT2D eigenvalue weighted by Crippen LogP contribution is -2.42.